The fourth-order valence-electron chi connectivity index (χ4n) is 2.51. The van der Waals surface area contributed by atoms with Crippen LogP contribution in [0.2, 0.25) is 0 Å². The summed E-state index contributed by atoms with van der Waals surface area (Å²) in [4.78, 5) is 1.24. The van der Waals surface area contributed by atoms with Gasteiger partial charge in [-0.1, -0.05) is 25.5 Å². The van der Waals surface area contributed by atoms with E-state index in [0.717, 1.165) is 6.42 Å². The lowest BCUT2D eigenvalue weighted by molar-refractivity contribution is 0.00310. The third-order valence-corrected chi connectivity index (χ3v) is 4.86. The molecule has 0 radical (unpaired) electrons. The topological polar surface area (TPSA) is 57.6 Å². The minimum atomic E-state index is -4.63. The van der Waals surface area contributed by atoms with Crippen molar-refractivity contribution in [1.82, 2.24) is 0 Å². The molecule has 1 aromatic rings. The molecule has 1 saturated heterocycles. The molecule has 4 nitrogen and oxygen atoms in total. The molecule has 1 heterocycles. The van der Waals surface area contributed by atoms with E-state index in [-0.39, 0.29) is 23.7 Å². The highest BCUT2D eigenvalue weighted by atomic mass is 32.2. The van der Waals surface area contributed by atoms with E-state index in [4.69, 9.17) is 0 Å². The Morgan fingerprint density at radius 1 is 1.35 bits per heavy atom. The number of sulfone groups is 1. The van der Waals surface area contributed by atoms with Gasteiger partial charge in [0.2, 0.25) is 9.84 Å². The van der Waals surface area contributed by atoms with Crippen LogP contribution < -0.4 is 4.90 Å². The first-order valence-corrected chi connectivity index (χ1v) is 7.93. The van der Waals surface area contributed by atoms with Gasteiger partial charge in [0.15, 0.2) is 0 Å². The van der Waals surface area contributed by atoms with Crippen LogP contribution in [0.15, 0.2) is 29.2 Å². The molecule has 0 saturated carbocycles. The maximum Gasteiger partial charge on any atom is 0.341 e. The number of benzene rings is 1. The Labute approximate surface area is 116 Å². The van der Waals surface area contributed by atoms with Gasteiger partial charge in [0, 0.05) is 13.1 Å². The van der Waals surface area contributed by atoms with Crippen LogP contribution in [-0.2, 0) is 9.84 Å². The molecule has 7 heteroatoms. The van der Waals surface area contributed by atoms with E-state index in [1.54, 1.807) is 11.0 Å². The number of nitrogens with zero attached hydrogens (tertiary/aromatic N) is 1. The summed E-state index contributed by atoms with van der Waals surface area (Å²) in [7, 11) is -4.63. The summed E-state index contributed by atoms with van der Waals surface area (Å²) in [5.41, 5.74) is -0.621. The normalized spacial score (nSPS) is 18.1. The number of alkyl halides is 2. The average molecular weight is 305 g/mol. The Morgan fingerprint density at radius 3 is 2.50 bits per heavy atom. The highest BCUT2D eigenvalue weighted by Crippen LogP contribution is 2.36. The fourth-order valence-corrected chi connectivity index (χ4v) is 3.46. The number of anilines is 1. The molecule has 0 aromatic heterocycles. The van der Waals surface area contributed by atoms with Crippen molar-refractivity contribution in [3.8, 4) is 0 Å². The molecule has 0 spiro atoms. The third kappa shape index (κ3) is 2.64. The second kappa shape index (κ2) is 5.29. The summed E-state index contributed by atoms with van der Waals surface area (Å²) >= 11 is 0. The maximum atomic E-state index is 12.7. The Kier molecular flexibility index (Phi) is 4.02. The van der Waals surface area contributed by atoms with Crippen LogP contribution in [0.5, 0.6) is 0 Å². The number of hydrogen-bond acceptors (Lipinski definition) is 4. The predicted octanol–water partition coefficient (Wildman–Crippen LogP) is 2.03. The zero-order chi connectivity index (χ0) is 15.0. The minimum absolute atomic E-state index is 0.230. The number of aliphatic hydroxyl groups is 1. The lowest BCUT2D eigenvalue weighted by Gasteiger charge is -2.48. The summed E-state index contributed by atoms with van der Waals surface area (Å²) < 4.78 is 48.7. The second-order valence-electron chi connectivity index (χ2n) is 5.10. The van der Waals surface area contributed by atoms with Crippen molar-refractivity contribution in [3.63, 3.8) is 0 Å². The molecule has 112 valence electrons. The molecule has 0 unspecified atom stereocenters. The number of halogens is 2. The number of rotatable bonds is 5. The molecule has 1 N–H and O–H groups in total. The lowest BCUT2D eigenvalue weighted by atomic mass is 9.89. The smallest absolute Gasteiger partial charge is 0.341 e. The van der Waals surface area contributed by atoms with Crippen molar-refractivity contribution in [3.05, 3.63) is 24.3 Å². The zero-order valence-electron chi connectivity index (χ0n) is 11.1. The Balaban J connectivity index is 2.28. The van der Waals surface area contributed by atoms with Crippen LogP contribution in [-0.4, -0.2) is 38.0 Å². The first-order valence-electron chi connectivity index (χ1n) is 6.38. The summed E-state index contributed by atoms with van der Waals surface area (Å²) in [5, 5.41) is 10.1. The quantitative estimate of drug-likeness (QED) is 0.904. The van der Waals surface area contributed by atoms with Crippen molar-refractivity contribution in [2.75, 3.05) is 18.0 Å². The van der Waals surface area contributed by atoms with Gasteiger partial charge in [-0.15, -0.1) is 0 Å². The van der Waals surface area contributed by atoms with Gasteiger partial charge in [0.1, 0.15) is 0 Å². The van der Waals surface area contributed by atoms with Crippen molar-refractivity contribution < 1.29 is 22.3 Å². The summed E-state index contributed by atoms with van der Waals surface area (Å²) in [5.74, 6) is -3.44. The highest BCUT2D eigenvalue weighted by molar-refractivity contribution is 7.91. The van der Waals surface area contributed by atoms with Crippen LogP contribution in [0, 0.1) is 0 Å². The molecule has 1 aliphatic heterocycles. The van der Waals surface area contributed by atoms with Gasteiger partial charge in [0.05, 0.1) is 16.2 Å². The molecule has 2 rings (SSSR count). The number of hydrogen-bond donors (Lipinski definition) is 1. The van der Waals surface area contributed by atoms with Crippen molar-refractivity contribution in [2.45, 2.75) is 36.0 Å². The van der Waals surface area contributed by atoms with E-state index in [9.17, 15) is 22.3 Å². The summed E-state index contributed by atoms with van der Waals surface area (Å²) in [6.45, 7) is 2.46. The first kappa shape index (κ1) is 15.2. The lowest BCUT2D eigenvalue weighted by Crippen LogP contribution is -2.62. The SMILES string of the molecule is CCCC1(O)CN(c2ccccc2S(=O)(=O)C(F)F)C1. The van der Waals surface area contributed by atoms with Gasteiger partial charge >= 0.3 is 5.76 Å². The minimum Gasteiger partial charge on any atom is -0.386 e. The highest BCUT2D eigenvalue weighted by Gasteiger charge is 2.42. The fraction of sp³-hybridized carbons (Fsp3) is 0.538. The Morgan fingerprint density at radius 2 is 1.95 bits per heavy atom. The molecule has 0 aliphatic carbocycles. The zero-order valence-corrected chi connectivity index (χ0v) is 11.9. The first-order chi connectivity index (χ1) is 9.30. The van der Waals surface area contributed by atoms with Gasteiger partial charge in [-0.3, -0.25) is 0 Å². The number of para-hydroxylation sites is 1. The second-order valence-corrected chi connectivity index (χ2v) is 6.99. The third-order valence-electron chi connectivity index (χ3n) is 3.43. The largest absolute Gasteiger partial charge is 0.386 e. The Bertz CT molecular complexity index is 583. The van der Waals surface area contributed by atoms with Gasteiger partial charge in [-0.2, -0.15) is 8.78 Å². The van der Waals surface area contributed by atoms with E-state index in [2.05, 4.69) is 0 Å². The molecule has 20 heavy (non-hydrogen) atoms. The Hall–Kier alpha value is -1.21. The van der Waals surface area contributed by atoms with Crippen LogP contribution in [0.25, 0.3) is 0 Å². The van der Waals surface area contributed by atoms with E-state index < -0.39 is 21.2 Å². The molecule has 0 bridgehead atoms. The molecule has 1 aliphatic rings. The van der Waals surface area contributed by atoms with Crippen LogP contribution in [0.1, 0.15) is 19.8 Å². The van der Waals surface area contributed by atoms with Crippen LogP contribution in [0.4, 0.5) is 14.5 Å². The molecule has 1 aromatic carbocycles. The van der Waals surface area contributed by atoms with Gasteiger partial charge in [-0.05, 0) is 18.6 Å². The van der Waals surface area contributed by atoms with E-state index >= 15 is 0 Å². The van der Waals surface area contributed by atoms with Gasteiger partial charge in [-0.25, -0.2) is 8.42 Å². The van der Waals surface area contributed by atoms with Crippen LogP contribution in [0.3, 0.4) is 0 Å². The molecule has 0 atom stereocenters. The monoisotopic (exact) mass is 305 g/mol. The molecular formula is C13H17F2NO3S. The molecule has 0 amide bonds. The summed E-state index contributed by atoms with van der Waals surface area (Å²) in [6, 6.07) is 5.67. The van der Waals surface area contributed by atoms with Crippen molar-refractivity contribution in [2.24, 2.45) is 0 Å². The van der Waals surface area contributed by atoms with Crippen molar-refractivity contribution >= 4 is 15.5 Å². The molecule has 1 fully saturated rings. The van der Waals surface area contributed by atoms with Gasteiger partial charge < -0.3 is 10.0 Å². The summed E-state index contributed by atoms with van der Waals surface area (Å²) in [6.07, 6.45) is 1.41. The molecular weight excluding hydrogens is 288 g/mol. The van der Waals surface area contributed by atoms with E-state index in [1.807, 2.05) is 6.92 Å². The standard InChI is InChI=1S/C13H17F2NO3S/c1-2-7-13(17)8-16(9-13)10-5-3-4-6-11(10)20(18,19)12(14)15/h3-6,12,17H,2,7-9H2,1H3. The predicted molar refractivity (Wildman–Crippen MR) is 71.7 cm³/mol. The van der Waals surface area contributed by atoms with Gasteiger partial charge in [0.25, 0.3) is 0 Å². The number of β-amino-alcohol motifs (C(OH)–C–C–N with tert-alkyl or cyclic N) is 1. The van der Waals surface area contributed by atoms with Crippen LogP contribution >= 0.6 is 0 Å². The van der Waals surface area contributed by atoms with E-state index in [0.29, 0.717) is 6.42 Å². The maximum absolute atomic E-state index is 12.7. The van der Waals surface area contributed by atoms with Crippen molar-refractivity contribution in [1.29, 1.82) is 0 Å². The average Bonchev–Trinajstić information content (AvgIpc) is 2.36. The van der Waals surface area contributed by atoms with E-state index in [1.165, 1.54) is 18.2 Å².